The Balaban J connectivity index is 2.78. The lowest BCUT2D eigenvalue weighted by atomic mass is 10.2. The maximum atomic E-state index is 11.7. The summed E-state index contributed by atoms with van der Waals surface area (Å²) in [6.07, 6.45) is 0. The van der Waals surface area contributed by atoms with Crippen molar-refractivity contribution in [2.75, 3.05) is 6.54 Å². The minimum absolute atomic E-state index is 0.0533. The molecule has 0 aliphatic heterocycles. The number of likely N-dealkylation sites (N-methyl/N-ethyl adjacent to an activating group) is 1. The first-order valence-corrected chi connectivity index (χ1v) is 5.71. The second kappa shape index (κ2) is 5.87. The number of hydrogen-bond acceptors (Lipinski definition) is 2. The molecule has 0 aromatic heterocycles. The van der Waals surface area contributed by atoms with E-state index in [1.165, 1.54) is 0 Å². The molecule has 88 valence electrons. The highest BCUT2D eigenvalue weighted by Gasteiger charge is 2.16. The Morgan fingerprint density at radius 1 is 1.50 bits per heavy atom. The molecule has 1 aromatic rings. The van der Waals surface area contributed by atoms with Crippen molar-refractivity contribution < 1.29 is 4.79 Å². The van der Waals surface area contributed by atoms with Gasteiger partial charge < -0.3 is 10.6 Å². The second-order valence-electron chi connectivity index (χ2n) is 3.73. The van der Waals surface area contributed by atoms with E-state index in [1.54, 1.807) is 11.8 Å². The first kappa shape index (κ1) is 13.0. The average molecular weight is 241 g/mol. The van der Waals surface area contributed by atoms with Crippen LogP contribution in [-0.4, -0.2) is 23.4 Å². The predicted molar refractivity (Wildman–Crippen MR) is 66.2 cm³/mol. The number of nitrogens with zero attached hydrogens (tertiary/aromatic N) is 1. The van der Waals surface area contributed by atoms with E-state index < -0.39 is 6.04 Å². The fraction of sp³-hybridized carbons (Fsp3) is 0.417. The van der Waals surface area contributed by atoms with Crippen LogP contribution in [0.25, 0.3) is 0 Å². The number of benzene rings is 1. The van der Waals surface area contributed by atoms with Crippen LogP contribution in [0.4, 0.5) is 0 Å². The highest BCUT2D eigenvalue weighted by molar-refractivity contribution is 6.31. The third kappa shape index (κ3) is 3.22. The molecule has 4 heteroatoms. The molecule has 1 aromatic carbocycles. The highest BCUT2D eigenvalue weighted by atomic mass is 35.5. The molecule has 2 N–H and O–H groups in total. The van der Waals surface area contributed by atoms with Crippen LogP contribution in [0.5, 0.6) is 0 Å². The minimum atomic E-state index is -0.470. The summed E-state index contributed by atoms with van der Waals surface area (Å²) in [4.78, 5) is 13.4. The molecule has 0 saturated carbocycles. The van der Waals surface area contributed by atoms with E-state index in [1.807, 2.05) is 31.2 Å². The fourth-order valence-electron chi connectivity index (χ4n) is 1.47. The maximum Gasteiger partial charge on any atom is 0.239 e. The Bertz CT molecular complexity index is 366. The number of halogens is 1. The van der Waals surface area contributed by atoms with Gasteiger partial charge in [-0.3, -0.25) is 4.79 Å². The topological polar surface area (TPSA) is 46.3 Å². The maximum absolute atomic E-state index is 11.7. The summed E-state index contributed by atoms with van der Waals surface area (Å²) in [5.74, 6) is -0.0533. The van der Waals surface area contributed by atoms with Gasteiger partial charge in [-0.2, -0.15) is 0 Å². The highest BCUT2D eigenvalue weighted by Crippen LogP contribution is 2.17. The van der Waals surface area contributed by atoms with Gasteiger partial charge in [0.2, 0.25) is 5.91 Å². The summed E-state index contributed by atoms with van der Waals surface area (Å²) in [5.41, 5.74) is 6.52. The van der Waals surface area contributed by atoms with Gasteiger partial charge in [-0.15, -0.1) is 0 Å². The van der Waals surface area contributed by atoms with E-state index >= 15 is 0 Å². The zero-order chi connectivity index (χ0) is 12.1. The lowest BCUT2D eigenvalue weighted by molar-refractivity contribution is -0.132. The van der Waals surface area contributed by atoms with Gasteiger partial charge in [-0.05, 0) is 25.5 Å². The Morgan fingerprint density at radius 2 is 2.12 bits per heavy atom. The van der Waals surface area contributed by atoms with Gasteiger partial charge in [0.25, 0.3) is 0 Å². The zero-order valence-electron chi connectivity index (χ0n) is 9.61. The van der Waals surface area contributed by atoms with Gasteiger partial charge >= 0.3 is 0 Å². The monoisotopic (exact) mass is 240 g/mol. The molecule has 0 unspecified atom stereocenters. The van der Waals surface area contributed by atoms with E-state index in [2.05, 4.69) is 0 Å². The summed E-state index contributed by atoms with van der Waals surface area (Å²) in [6.45, 7) is 4.76. The van der Waals surface area contributed by atoms with Crippen molar-refractivity contribution >= 4 is 17.5 Å². The van der Waals surface area contributed by atoms with Gasteiger partial charge in [-0.1, -0.05) is 29.8 Å². The lowest BCUT2D eigenvalue weighted by Gasteiger charge is -2.23. The van der Waals surface area contributed by atoms with Crippen LogP contribution >= 0.6 is 11.6 Å². The van der Waals surface area contributed by atoms with Gasteiger partial charge in [0.05, 0.1) is 6.04 Å². The van der Waals surface area contributed by atoms with Gasteiger partial charge in [0.1, 0.15) is 0 Å². The Kier molecular flexibility index (Phi) is 4.77. The van der Waals surface area contributed by atoms with E-state index in [0.29, 0.717) is 18.1 Å². The molecule has 0 saturated heterocycles. The molecule has 0 fully saturated rings. The van der Waals surface area contributed by atoms with Crippen LogP contribution < -0.4 is 5.73 Å². The van der Waals surface area contributed by atoms with Gasteiger partial charge in [0.15, 0.2) is 0 Å². The van der Waals surface area contributed by atoms with Crippen LogP contribution in [0.2, 0.25) is 5.02 Å². The molecule has 0 aliphatic carbocycles. The number of rotatable bonds is 4. The van der Waals surface area contributed by atoms with Crippen LogP contribution in [-0.2, 0) is 11.3 Å². The molecule has 1 atom stereocenters. The lowest BCUT2D eigenvalue weighted by Crippen LogP contribution is -2.41. The zero-order valence-corrected chi connectivity index (χ0v) is 10.4. The number of hydrogen-bond donors (Lipinski definition) is 1. The summed E-state index contributed by atoms with van der Waals surface area (Å²) in [7, 11) is 0. The molecule has 0 aliphatic rings. The summed E-state index contributed by atoms with van der Waals surface area (Å²) < 4.78 is 0. The van der Waals surface area contributed by atoms with E-state index in [0.717, 1.165) is 5.56 Å². The van der Waals surface area contributed by atoms with Crippen molar-refractivity contribution in [3.05, 3.63) is 34.9 Å². The quantitative estimate of drug-likeness (QED) is 0.876. The minimum Gasteiger partial charge on any atom is -0.337 e. The van der Waals surface area contributed by atoms with Crippen LogP contribution in [0.3, 0.4) is 0 Å². The molecule has 1 amide bonds. The van der Waals surface area contributed by atoms with Crippen molar-refractivity contribution in [3.8, 4) is 0 Å². The molecule has 1 rings (SSSR count). The van der Waals surface area contributed by atoms with Crippen molar-refractivity contribution in [3.63, 3.8) is 0 Å². The van der Waals surface area contributed by atoms with Crippen molar-refractivity contribution in [2.45, 2.75) is 26.4 Å². The predicted octanol–water partition coefficient (Wildman–Crippen LogP) is 2.04. The normalized spacial score (nSPS) is 12.2. The molecule has 3 nitrogen and oxygen atoms in total. The number of amides is 1. The first-order chi connectivity index (χ1) is 7.56. The van der Waals surface area contributed by atoms with Crippen molar-refractivity contribution in [2.24, 2.45) is 5.73 Å². The van der Waals surface area contributed by atoms with Crippen LogP contribution in [0, 0.1) is 0 Å². The average Bonchev–Trinajstić information content (AvgIpc) is 2.27. The van der Waals surface area contributed by atoms with Crippen LogP contribution in [0.1, 0.15) is 19.4 Å². The molecule has 0 heterocycles. The van der Waals surface area contributed by atoms with E-state index in [4.69, 9.17) is 17.3 Å². The Morgan fingerprint density at radius 3 is 2.62 bits per heavy atom. The van der Waals surface area contributed by atoms with Gasteiger partial charge in [-0.25, -0.2) is 0 Å². The van der Waals surface area contributed by atoms with Crippen LogP contribution in [0.15, 0.2) is 24.3 Å². The number of carbonyl (C=O) groups excluding carboxylic acids is 1. The second-order valence-corrected chi connectivity index (χ2v) is 4.14. The standard InChI is InChI=1S/C12H17ClN2O/c1-3-15(12(16)9(2)14)8-10-6-4-5-7-11(10)13/h4-7,9H,3,8,14H2,1-2H3/t9-/m0/s1. The molecule has 0 spiro atoms. The molecule has 16 heavy (non-hydrogen) atoms. The molecule has 0 bridgehead atoms. The third-order valence-electron chi connectivity index (χ3n) is 2.40. The van der Waals surface area contributed by atoms with Crippen molar-refractivity contribution in [1.29, 1.82) is 0 Å². The molecule has 0 radical (unpaired) electrons. The number of carbonyl (C=O) groups is 1. The Hall–Kier alpha value is -1.06. The fourth-order valence-corrected chi connectivity index (χ4v) is 1.66. The number of nitrogens with two attached hydrogens (primary N) is 1. The smallest absolute Gasteiger partial charge is 0.239 e. The van der Waals surface area contributed by atoms with E-state index in [-0.39, 0.29) is 5.91 Å². The molecular weight excluding hydrogens is 224 g/mol. The Labute approximate surface area is 101 Å². The SMILES string of the molecule is CCN(Cc1ccccc1Cl)C(=O)[C@H](C)N. The largest absolute Gasteiger partial charge is 0.337 e. The van der Waals surface area contributed by atoms with E-state index in [9.17, 15) is 4.79 Å². The van der Waals surface area contributed by atoms with Crippen molar-refractivity contribution in [1.82, 2.24) is 4.90 Å². The molecular formula is C12H17ClN2O. The summed E-state index contributed by atoms with van der Waals surface area (Å²) >= 11 is 6.04. The summed E-state index contributed by atoms with van der Waals surface area (Å²) in [5, 5.41) is 0.679. The van der Waals surface area contributed by atoms with Gasteiger partial charge in [0, 0.05) is 18.1 Å². The summed E-state index contributed by atoms with van der Waals surface area (Å²) in [6, 6.07) is 7.05. The first-order valence-electron chi connectivity index (χ1n) is 5.34. The third-order valence-corrected chi connectivity index (χ3v) is 2.77.